The number of hydrogen-bond donors (Lipinski definition) is 0. The molecule has 15 heavy (non-hydrogen) atoms. The van der Waals surface area contributed by atoms with Gasteiger partial charge in [0.1, 0.15) is 0 Å². The molecule has 1 unspecified atom stereocenters. The fourth-order valence-corrected chi connectivity index (χ4v) is 2.16. The molecule has 4 heteroatoms. The van der Waals surface area contributed by atoms with Crippen molar-refractivity contribution in [3.63, 3.8) is 0 Å². The Hall–Kier alpha value is -0.960. The highest BCUT2D eigenvalue weighted by atomic mass is 35.5. The second-order valence-corrected chi connectivity index (χ2v) is 4.87. The first kappa shape index (κ1) is 10.6. The number of furan rings is 1. The van der Waals surface area contributed by atoms with Gasteiger partial charge in [-0.3, -0.25) is 4.79 Å². The first-order valence-electron chi connectivity index (χ1n) is 5.03. The van der Waals surface area contributed by atoms with Crippen molar-refractivity contribution < 1.29 is 9.21 Å². The maximum Gasteiger partial charge on any atom is 0.290 e. The summed E-state index contributed by atoms with van der Waals surface area (Å²) in [5.41, 5.74) is -0.300. The third-order valence-electron chi connectivity index (χ3n) is 3.05. The van der Waals surface area contributed by atoms with E-state index in [0.717, 1.165) is 6.42 Å². The number of amides is 1. The number of alkyl halides is 1. The summed E-state index contributed by atoms with van der Waals surface area (Å²) in [5.74, 6) is 0.307. The van der Waals surface area contributed by atoms with Crippen LogP contribution in [-0.4, -0.2) is 28.3 Å². The van der Waals surface area contributed by atoms with Crippen LogP contribution in [0, 0.1) is 0 Å². The highest BCUT2D eigenvalue weighted by Crippen LogP contribution is 2.34. The molecule has 0 aromatic carbocycles. The van der Waals surface area contributed by atoms with Gasteiger partial charge in [0.15, 0.2) is 5.76 Å². The van der Waals surface area contributed by atoms with E-state index in [1.807, 2.05) is 13.8 Å². The highest BCUT2D eigenvalue weighted by molar-refractivity contribution is 6.22. The molecular formula is C11H14ClNO2. The summed E-state index contributed by atoms with van der Waals surface area (Å²) in [4.78, 5) is 13.8. The van der Waals surface area contributed by atoms with Gasteiger partial charge in [0.2, 0.25) is 0 Å². The number of hydrogen-bond acceptors (Lipinski definition) is 2. The largest absolute Gasteiger partial charge is 0.459 e. The predicted octanol–water partition coefficient (Wildman–Crippen LogP) is 2.51. The summed E-state index contributed by atoms with van der Waals surface area (Å²) in [6, 6.07) is 3.40. The summed E-state index contributed by atoms with van der Waals surface area (Å²) >= 11 is 6.18. The van der Waals surface area contributed by atoms with E-state index in [1.54, 1.807) is 17.0 Å². The molecular weight excluding hydrogens is 214 g/mol. The lowest BCUT2D eigenvalue weighted by molar-refractivity contribution is 0.0621. The van der Waals surface area contributed by atoms with E-state index in [0.29, 0.717) is 12.3 Å². The first-order valence-corrected chi connectivity index (χ1v) is 5.46. The molecule has 1 atom stereocenters. The van der Waals surface area contributed by atoms with Crippen molar-refractivity contribution in [1.82, 2.24) is 4.90 Å². The van der Waals surface area contributed by atoms with Crippen LogP contribution < -0.4 is 0 Å². The van der Waals surface area contributed by atoms with Gasteiger partial charge in [-0.15, -0.1) is 11.6 Å². The van der Waals surface area contributed by atoms with E-state index in [4.69, 9.17) is 16.0 Å². The minimum Gasteiger partial charge on any atom is -0.459 e. The van der Waals surface area contributed by atoms with Crippen molar-refractivity contribution in [3.05, 3.63) is 24.2 Å². The van der Waals surface area contributed by atoms with Gasteiger partial charge >= 0.3 is 0 Å². The lowest BCUT2D eigenvalue weighted by Gasteiger charge is -2.33. The van der Waals surface area contributed by atoms with Crippen LogP contribution in [0.3, 0.4) is 0 Å². The predicted molar refractivity (Wildman–Crippen MR) is 58.1 cm³/mol. The van der Waals surface area contributed by atoms with Gasteiger partial charge < -0.3 is 9.32 Å². The molecule has 1 amide bonds. The molecule has 1 aliphatic rings. The van der Waals surface area contributed by atoms with E-state index in [9.17, 15) is 4.79 Å². The fourth-order valence-electron chi connectivity index (χ4n) is 1.95. The monoisotopic (exact) mass is 227 g/mol. The maximum absolute atomic E-state index is 12.0. The normalized spacial score (nSPS) is 24.5. The Morgan fingerprint density at radius 2 is 2.40 bits per heavy atom. The quantitative estimate of drug-likeness (QED) is 0.691. The second kappa shape index (κ2) is 3.56. The summed E-state index contributed by atoms with van der Waals surface area (Å²) in [6.07, 6.45) is 2.34. The molecule has 1 saturated heterocycles. The van der Waals surface area contributed by atoms with Crippen molar-refractivity contribution in [2.45, 2.75) is 31.2 Å². The van der Waals surface area contributed by atoms with Crippen LogP contribution >= 0.6 is 11.6 Å². The molecule has 1 aromatic heterocycles. The smallest absolute Gasteiger partial charge is 0.290 e. The van der Waals surface area contributed by atoms with Crippen LogP contribution in [-0.2, 0) is 0 Å². The van der Waals surface area contributed by atoms with Gasteiger partial charge in [0, 0.05) is 6.54 Å². The topological polar surface area (TPSA) is 33.5 Å². The summed E-state index contributed by atoms with van der Waals surface area (Å²) in [5, 5.41) is 0.0106. The van der Waals surface area contributed by atoms with E-state index < -0.39 is 0 Å². The van der Waals surface area contributed by atoms with Crippen molar-refractivity contribution in [3.8, 4) is 0 Å². The summed E-state index contributed by atoms with van der Waals surface area (Å²) < 4.78 is 5.10. The van der Waals surface area contributed by atoms with Gasteiger partial charge in [0.25, 0.3) is 5.91 Å². The molecule has 1 aromatic rings. The van der Waals surface area contributed by atoms with Crippen LogP contribution in [0.5, 0.6) is 0 Å². The Labute approximate surface area is 94.0 Å². The zero-order chi connectivity index (χ0) is 11.1. The van der Waals surface area contributed by atoms with Gasteiger partial charge in [-0.25, -0.2) is 0 Å². The van der Waals surface area contributed by atoms with E-state index >= 15 is 0 Å². The zero-order valence-electron chi connectivity index (χ0n) is 8.87. The Balaban J connectivity index is 2.22. The van der Waals surface area contributed by atoms with Crippen molar-refractivity contribution in [2.24, 2.45) is 0 Å². The Kier molecular flexibility index (Phi) is 2.51. The van der Waals surface area contributed by atoms with Gasteiger partial charge in [-0.2, -0.15) is 0 Å². The van der Waals surface area contributed by atoms with Crippen LogP contribution in [0.1, 0.15) is 30.8 Å². The van der Waals surface area contributed by atoms with Gasteiger partial charge in [-0.05, 0) is 32.4 Å². The Morgan fingerprint density at radius 1 is 1.67 bits per heavy atom. The number of rotatable bonds is 1. The van der Waals surface area contributed by atoms with Gasteiger partial charge in [0.05, 0.1) is 17.2 Å². The minimum atomic E-state index is -0.300. The Morgan fingerprint density at radius 3 is 2.87 bits per heavy atom. The molecule has 2 heterocycles. The number of likely N-dealkylation sites (tertiary alicyclic amines) is 1. The molecule has 0 radical (unpaired) electrons. The maximum atomic E-state index is 12.0. The molecule has 0 N–H and O–H groups in total. The third kappa shape index (κ3) is 1.65. The molecule has 3 nitrogen and oxygen atoms in total. The molecule has 2 rings (SSSR count). The second-order valence-electron chi connectivity index (χ2n) is 4.34. The minimum absolute atomic E-state index is 0.0106. The van der Waals surface area contributed by atoms with Crippen LogP contribution in [0.2, 0.25) is 0 Å². The highest BCUT2D eigenvalue weighted by Gasteiger charge is 2.43. The molecule has 0 aliphatic carbocycles. The Bertz CT molecular complexity index is 359. The van der Waals surface area contributed by atoms with Crippen molar-refractivity contribution in [1.29, 1.82) is 0 Å². The van der Waals surface area contributed by atoms with E-state index in [2.05, 4.69) is 0 Å². The SMILES string of the molecule is CC1(C)C(Cl)CCN1C(=O)c1ccco1. The first-order chi connectivity index (χ1) is 7.03. The summed E-state index contributed by atoms with van der Waals surface area (Å²) in [6.45, 7) is 4.66. The average Bonchev–Trinajstić information content (AvgIpc) is 2.76. The molecule has 82 valence electrons. The zero-order valence-corrected chi connectivity index (χ0v) is 9.62. The lowest BCUT2D eigenvalue weighted by Crippen LogP contribution is -2.46. The standard InChI is InChI=1S/C11H14ClNO2/c1-11(2)9(12)5-6-13(11)10(14)8-4-3-7-15-8/h3-4,7,9H,5-6H2,1-2H3. The van der Waals surface area contributed by atoms with E-state index in [1.165, 1.54) is 6.26 Å². The number of halogens is 1. The van der Waals surface area contributed by atoms with Crippen LogP contribution in [0.4, 0.5) is 0 Å². The number of carbonyl (C=O) groups is 1. The third-order valence-corrected chi connectivity index (χ3v) is 3.80. The number of nitrogens with zero attached hydrogens (tertiary/aromatic N) is 1. The van der Waals surface area contributed by atoms with Gasteiger partial charge in [-0.1, -0.05) is 0 Å². The summed E-state index contributed by atoms with van der Waals surface area (Å²) in [7, 11) is 0. The molecule has 0 bridgehead atoms. The molecule has 0 saturated carbocycles. The molecule has 1 fully saturated rings. The van der Waals surface area contributed by atoms with Crippen LogP contribution in [0.15, 0.2) is 22.8 Å². The molecule has 0 spiro atoms. The lowest BCUT2D eigenvalue weighted by atomic mass is 10.0. The van der Waals surface area contributed by atoms with Crippen molar-refractivity contribution >= 4 is 17.5 Å². The number of carbonyl (C=O) groups excluding carboxylic acids is 1. The fraction of sp³-hybridized carbons (Fsp3) is 0.545. The van der Waals surface area contributed by atoms with Crippen molar-refractivity contribution in [2.75, 3.05) is 6.54 Å². The molecule has 1 aliphatic heterocycles. The average molecular weight is 228 g/mol. The van der Waals surface area contributed by atoms with E-state index in [-0.39, 0.29) is 16.8 Å². The van der Waals surface area contributed by atoms with Crippen LogP contribution in [0.25, 0.3) is 0 Å².